The van der Waals surface area contributed by atoms with Crippen LogP contribution in [-0.4, -0.2) is 65.8 Å². The van der Waals surface area contributed by atoms with E-state index < -0.39 is 47.0 Å². The van der Waals surface area contributed by atoms with Gasteiger partial charge in [0.1, 0.15) is 5.75 Å². The van der Waals surface area contributed by atoms with Crippen molar-refractivity contribution < 1.29 is 37.0 Å². The van der Waals surface area contributed by atoms with Crippen LogP contribution in [0.2, 0.25) is 5.02 Å². The zero-order chi connectivity index (χ0) is 32.8. The van der Waals surface area contributed by atoms with Gasteiger partial charge in [-0.1, -0.05) is 35.1 Å². The number of anilines is 1. The summed E-state index contributed by atoms with van der Waals surface area (Å²) in [7, 11) is 0. The number of benzene rings is 2. The molecule has 8 rings (SSSR count). The Bertz CT molecular complexity index is 1860. The van der Waals surface area contributed by atoms with Crippen molar-refractivity contribution in [2.75, 3.05) is 37.8 Å². The van der Waals surface area contributed by atoms with Gasteiger partial charge in [-0.15, -0.1) is 11.8 Å². The number of halogens is 4. The molecule has 4 heterocycles. The fourth-order valence-electron chi connectivity index (χ4n) is 8.45. The molecule has 2 saturated heterocycles. The summed E-state index contributed by atoms with van der Waals surface area (Å²) in [5, 5.41) is 0.858. The van der Waals surface area contributed by atoms with Crippen LogP contribution >= 0.6 is 34.7 Å². The molecule has 9 nitrogen and oxygen atoms in total. The maximum Gasteiger partial charge on any atom is 0.418 e. The van der Waals surface area contributed by atoms with Crippen LogP contribution in [0.3, 0.4) is 0 Å². The first-order chi connectivity index (χ1) is 22.5. The SMILES string of the molecule is O=C(COc1ccc(Cl)cc1[C@H]1c2sc(=O)[nH]c2SC2C3CC(C4C(=O)N(c5ccccc5C(F)(F)F)C(=O)C34)C21)N1CCOCC1. The number of alkyl halides is 3. The Hall–Kier alpha value is -3.33. The van der Waals surface area contributed by atoms with Crippen LogP contribution in [0, 0.1) is 29.6 Å². The number of carbonyl (C=O) groups excluding carboxylic acids is 3. The Morgan fingerprint density at radius 1 is 1.04 bits per heavy atom. The molecule has 3 aliphatic heterocycles. The number of amides is 3. The Balaban J connectivity index is 1.17. The number of para-hydroxylation sites is 1. The van der Waals surface area contributed by atoms with Gasteiger partial charge >= 0.3 is 11.0 Å². The summed E-state index contributed by atoms with van der Waals surface area (Å²) in [6, 6.07) is 9.76. The molecule has 246 valence electrons. The number of imide groups is 1. The van der Waals surface area contributed by atoms with Gasteiger partial charge in [0.2, 0.25) is 11.8 Å². The van der Waals surface area contributed by atoms with E-state index in [1.807, 2.05) is 0 Å². The molecule has 15 heteroatoms. The van der Waals surface area contributed by atoms with E-state index in [2.05, 4.69) is 4.98 Å². The Morgan fingerprint density at radius 2 is 1.77 bits per heavy atom. The van der Waals surface area contributed by atoms with Crippen molar-refractivity contribution in [1.29, 1.82) is 0 Å². The molecule has 2 bridgehead atoms. The molecule has 5 aliphatic rings. The molecule has 4 fully saturated rings. The minimum atomic E-state index is -4.75. The second-order valence-corrected chi connectivity index (χ2v) is 15.1. The first-order valence-electron chi connectivity index (χ1n) is 15.2. The lowest BCUT2D eigenvalue weighted by Crippen LogP contribution is -2.43. The fraction of sp³-hybridized carbons (Fsp3) is 0.438. The number of hydrogen-bond acceptors (Lipinski definition) is 8. The summed E-state index contributed by atoms with van der Waals surface area (Å²) in [5.41, 5.74) is -0.833. The largest absolute Gasteiger partial charge is 0.483 e. The first-order valence-corrected chi connectivity index (χ1v) is 17.3. The summed E-state index contributed by atoms with van der Waals surface area (Å²) >= 11 is 9.04. The van der Waals surface area contributed by atoms with Gasteiger partial charge in [0.05, 0.1) is 41.3 Å². The summed E-state index contributed by atoms with van der Waals surface area (Å²) in [5.74, 6) is -3.97. The Morgan fingerprint density at radius 3 is 2.51 bits per heavy atom. The molecule has 1 aromatic heterocycles. The fourth-order valence-corrected chi connectivity index (χ4v) is 11.5. The summed E-state index contributed by atoms with van der Waals surface area (Å²) in [4.78, 5) is 59.5. The van der Waals surface area contributed by atoms with Gasteiger partial charge < -0.3 is 19.4 Å². The highest BCUT2D eigenvalue weighted by Gasteiger charge is 2.70. The molecule has 47 heavy (non-hydrogen) atoms. The van der Waals surface area contributed by atoms with Crippen LogP contribution in [0.4, 0.5) is 18.9 Å². The van der Waals surface area contributed by atoms with E-state index in [1.54, 1.807) is 23.1 Å². The number of fused-ring (bicyclic) bond motifs is 9. The summed E-state index contributed by atoms with van der Waals surface area (Å²) < 4.78 is 53.5. The van der Waals surface area contributed by atoms with Crippen molar-refractivity contribution in [3.05, 3.63) is 73.2 Å². The van der Waals surface area contributed by atoms with Crippen LogP contribution in [-0.2, 0) is 25.3 Å². The number of morpholine rings is 1. The lowest BCUT2D eigenvalue weighted by Gasteiger charge is -2.43. The zero-order valence-corrected chi connectivity index (χ0v) is 26.9. The molecule has 2 aromatic carbocycles. The van der Waals surface area contributed by atoms with Gasteiger partial charge in [0.25, 0.3) is 5.91 Å². The van der Waals surface area contributed by atoms with Crippen molar-refractivity contribution in [2.24, 2.45) is 29.6 Å². The van der Waals surface area contributed by atoms with E-state index in [-0.39, 0.29) is 40.4 Å². The molecule has 0 radical (unpaired) electrons. The molecule has 6 unspecified atom stereocenters. The number of aromatic nitrogens is 1. The highest BCUT2D eigenvalue weighted by atomic mass is 35.5. The summed E-state index contributed by atoms with van der Waals surface area (Å²) in [6.07, 6.45) is -4.21. The smallest absolute Gasteiger partial charge is 0.418 e. The Kier molecular flexibility index (Phi) is 7.50. The molecule has 2 aliphatic carbocycles. The van der Waals surface area contributed by atoms with Gasteiger partial charge in [-0.2, -0.15) is 13.2 Å². The lowest BCUT2D eigenvalue weighted by atomic mass is 9.68. The van der Waals surface area contributed by atoms with E-state index in [9.17, 15) is 32.3 Å². The van der Waals surface area contributed by atoms with E-state index in [4.69, 9.17) is 21.1 Å². The molecule has 7 atom stereocenters. The van der Waals surface area contributed by atoms with Crippen LogP contribution in [0.1, 0.15) is 28.3 Å². The number of carbonyl (C=O) groups is 3. The average Bonchev–Trinajstić information content (AvgIpc) is 3.79. The number of aromatic amines is 1. The third kappa shape index (κ3) is 4.93. The second-order valence-electron chi connectivity index (χ2n) is 12.5. The highest BCUT2D eigenvalue weighted by Crippen LogP contribution is 2.69. The third-order valence-corrected chi connectivity index (χ3v) is 13.0. The Labute approximate surface area is 279 Å². The minimum absolute atomic E-state index is 0.199. The van der Waals surface area contributed by atoms with Gasteiger partial charge in [-0.05, 0) is 54.5 Å². The molecular weight excluding hydrogens is 679 g/mol. The molecule has 1 N–H and O–H groups in total. The molecule has 0 spiro atoms. The van der Waals surface area contributed by atoms with Crippen LogP contribution in [0.15, 0.2) is 52.3 Å². The van der Waals surface area contributed by atoms with Crippen molar-refractivity contribution in [1.82, 2.24) is 9.88 Å². The van der Waals surface area contributed by atoms with Crippen molar-refractivity contribution in [3.8, 4) is 5.75 Å². The maximum atomic E-state index is 14.1. The third-order valence-electron chi connectivity index (χ3n) is 10.2. The zero-order valence-electron chi connectivity index (χ0n) is 24.5. The molecule has 3 aromatic rings. The second kappa shape index (κ2) is 11.4. The highest BCUT2D eigenvalue weighted by molar-refractivity contribution is 8.00. The predicted octanol–water partition coefficient (Wildman–Crippen LogP) is 5.02. The monoisotopic (exact) mass is 705 g/mol. The lowest BCUT2D eigenvalue weighted by molar-refractivity contribution is -0.138. The van der Waals surface area contributed by atoms with Gasteiger partial charge in [-0.25, -0.2) is 4.90 Å². The van der Waals surface area contributed by atoms with Crippen LogP contribution in [0.5, 0.6) is 5.75 Å². The van der Waals surface area contributed by atoms with Crippen LogP contribution < -0.4 is 14.5 Å². The normalized spacial score (nSPS) is 29.6. The maximum absolute atomic E-state index is 14.1. The predicted molar refractivity (Wildman–Crippen MR) is 167 cm³/mol. The van der Waals surface area contributed by atoms with Gasteiger partial charge in [0, 0.05) is 39.7 Å². The van der Waals surface area contributed by atoms with E-state index in [0.29, 0.717) is 54.1 Å². The van der Waals surface area contributed by atoms with E-state index in [0.717, 1.165) is 27.2 Å². The summed E-state index contributed by atoms with van der Waals surface area (Å²) in [6.45, 7) is 1.59. The number of thioether (sulfide) groups is 1. The molecular formula is C32H27ClF3N3O6S2. The number of nitrogens with one attached hydrogen (secondary N) is 1. The van der Waals surface area contributed by atoms with Gasteiger partial charge in [-0.3, -0.25) is 19.2 Å². The van der Waals surface area contributed by atoms with Gasteiger partial charge in [0.15, 0.2) is 6.61 Å². The molecule has 2 saturated carbocycles. The standard InChI is InChI=1S/C32H27ClF3N3O6S2/c33-14-5-6-20(45-13-21(40)38-7-9-44-10-8-38)15(11-14)22-23-16-12-17(26(23)46-28-27(22)47-31(43)37-28)25-24(16)29(41)39(30(25)42)19-4-2-1-3-18(19)32(34,35)36/h1-6,11,16-17,22-26H,7-10,12-13H2,(H,37,43)/t16?,17?,22-,23?,24?,25?,26?/m1/s1. The number of hydrogen-bond donors (Lipinski definition) is 1. The number of nitrogens with zero attached hydrogens (tertiary/aromatic N) is 2. The minimum Gasteiger partial charge on any atom is -0.483 e. The van der Waals surface area contributed by atoms with Crippen molar-refractivity contribution in [3.63, 3.8) is 0 Å². The number of H-pyrrole nitrogens is 1. The number of ether oxygens (including phenoxy) is 2. The van der Waals surface area contributed by atoms with Crippen molar-refractivity contribution in [2.45, 2.75) is 28.8 Å². The van der Waals surface area contributed by atoms with E-state index in [1.165, 1.54) is 30.0 Å². The van der Waals surface area contributed by atoms with Crippen LogP contribution in [0.25, 0.3) is 0 Å². The first kappa shape index (κ1) is 31.0. The topological polar surface area (TPSA) is 109 Å². The van der Waals surface area contributed by atoms with Crippen molar-refractivity contribution >= 4 is 58.1 Å². The average molecular weight is 706 g/mol. The number of rotatable bonds is 5. The number of thiazole rings is 1. The van der Waals surface area contributed by atoms with E-state index >= 15 is 0 Å². The quantitative estimate of drug-likeness (QED) is 0.372. The molecule has 3 amide bonds.